The third kappa shape index (κ3) is 2.21. The highest BCUT2D eigenvalue weighted by Gasteiger charge is 2.13. The highest BCUT2D eigenvalue weighted by molar-refractivity contribution is 9.10. The molecule has 0 amide bonds. The largest absolute Gasteiger partial charge is 0.295 e. The van der Waals surface area contributed by atoms with E-state index in [0.29, 0.717) is 11.5 Å². The summed E-state index contributed by atoms with van der Waals surface area (Å²) in [6.07, 6.45) is 0. The minimum absolute atomic E-state index is 0.172. The second kappa shape index (κ2) is 5.14. The Balaban J connectivity index is 2.32. The standard InChI is InChI=1S/C14H8BrClF2N2/c15-8-1-4-12-13(5-8)20(14(7-16)19-12)9-2-3-10(17)11(18)6-9/h1-6H,7H2. The van der Waals surface area contributed by atoms with E-state index in [9.17, 15) is 8.78 Å². The number of hydrogen-bond acceptors (Lipinski definition) is 1. The van der Waals surface area contributed by atoms with Gasteiger partial charge in [0.25, 0.3) is 0 Å². The molecule has 0 aliphatic carbocycles. The van der Waals surface area contributed by atoms with Crippen LogP contribution in [0.2, 0.25) is 0 Å². The van der Waals surface area contributed by atoms with E-state index in [4.69, 9.17) is 11.6 Å². The molecule has 3 rings (SSSR count). The van der Waals surface area contributed by atoms with E-state index in [1.807, 2.05) is 18.2 Å². The van der Waals surface area contributed by atoms with E-state index >= 15 is 0 Å². The Bertz CT molecular complexity index is 801. The van der Waals surface area contributed by atoms with Crippen LogP contribution in [-0.4, -0.2) is 9.55 Å². The van der Waals surface area contributed by atoms with E-state index < -0.39 is 11.6 Å². The molecule has 20 heavy (non-hydrogen) atoms. The summed E-state index contributed by atoms with van der Waals surface area (Å²) in [6, 6.07) is 9.28. The summed E-state index contributed by atoms with van der Waals surface area (Å²) in [4.78, 5) is 4.39. The van der Waals surface area contributed by atoms with Crippen molar-refractivity contribution in [3.8, 4) is 5.69 Å². The van der Waals surface area contributed by atoms with Crippen LogP contribution in [0, 0.1) is 11.6 Å². The van der Waals surface area contributed by atoms with Crippen molar-refractivity contribution >= 4 is 38.6 Å². The maximum atomic E-state index is 13.4. The van der Waals surface area contributed by atoms with Crippen molar-refractivity contribution in [2.24, 2.45) is 0 Å². The van der Waals surface area contributed by atoms with Gasteiger partial charge in [0.1, 0.15) is 5.82 Å². The van der Waals surface area contributed by atoms with Crippen molar-refractivity contribution < 1.29 is 8.78 Å². The van der Waals surface area contributed by atoms with E-state index in [-0.39, 0.29) is 5.88 Å². The molecule has 0 saturated carbocycles. The molecule has 102 valence electrons. The number of aromatic nitrogens is 2. The number of rotatable bonds is 2. The first-order valence-corrected chi connectivity index (χ1v) is 7.11. The van der Waals surface area contributed by atoms with Crippen LogP contribution in [0.1, 0.15) is 5.82 Å². The second-order valence-electron chi connectivity index (χ2n) is 4.23. The molecule has 0 saturated heterocycles. The minimum atomic E-state index is -0.903. The van der Waals surface area contributed by atoms with E-state index in [0.717, 1.165) is 27.6 Å². The second-order valence-corrected chi connectivity index (χ2v) is 5.41. The number of nitrogens with zero attached hydrogens (tertiary/aromatic N) is 2. The Labute approximate surface area is 127 Å². The molecule has 0 fully saturated rings. The van der Waals surface area contributed by atoms with Gasteiger partial charge in [-0.3, -0.25) is 4.57 Å². The fraction of sp³-hybridized carbons (Fsp3) is 0.0714. The zero-order chi connectivity index (χ0) is 14.3. The molecule has 0 spiro atoms. The molecule has 2 nitrogen and oxygen atoms in total. The molecule has 0 aliphatic heterocycles. The molecule has 3 aromatic rings. The molecule has 0 radical (unpaired) electrons. The van der Waals surface area contributed by atoms with E-state index in [1.54, 1.807) is 4.57 Å². The van der Waals surface area contributed by atoms with Crippen molar-refractivity contribution in [2.75, 3.05) is 0 Å². The van der Waals surface area contributed by atoms with Gasteiger partial charge in [-0.2, -0.15) is 0 Å². The van der Waals surface area contributed by atoms with Crippen molar-refractivity contribution in [1.29, 1.82) is 0 Å². The third-order valence-electron chi connectivity index (χ3n) is 2.97. The lowest BCUT2D eigenvalue weighted by molar-refractivity contribution is 0.508. The number of benzene rings is 2. The molecule has 0 N–H and O–H groups in total. The van der Waals surface area contributed by atoms with Gasteiger partial charge in [0.05, 0.1) is 22.6 Å². The molecule has 1 heterocycles. The van der Waals surface area contributed by atoms with Crippen LogP contribution in [0.5, 0.6) is 0 Å². The first kappa shape index (κ1) is 13.5. The molecule has 6 heteroatoms. The first-order valence-electron chi connectivity index (χ1n) is 5.78. The fourth-order valence-corrected chi connectivity index (χ4v) is 2.63. The normalized spacial score (nSPS) is 11.2. The Morgan fingerprint density at radius 2 is 1.90 bits per heavy atom. The zero-order valence-corrected chi connectivity index (χ0v) is 12.4. The molecule has 0 atom stereocenters. The predicted octanol–water partition coefficient (Wildman–Crippen LogP) is 4.81. The minimum Gasteiger partial charge on any atom is -0.295 e. The Hall–Kier alpha value is -1.46. The molecule has 1 aromatic heterocycles. The SMILES string of the molecule is Fc1ccc(-n2c(CCl)nc3ccc(Br)cc32)cc1F. The van der Waals surface area contributed by atoms with Gasteiger partial charge in [0.15, 0.2) is 11.6 Å². The van der Waals surface area contributed by atoms with Crippen molar-refractivity contribution in [2.45, 2.75) is 5.88 Å². The van der Waals surface area contributed by atoms with Gasteiger partial charge < -0.3 is 0 Å². The monoisotopic (exact) mass is 356 g/mol. The van der Waals surface area contributed by atoms with Crippen LogP contribution in [0.3, 0.4) is 0 Å². The third-order valence-corrected chi connectivity index (χ3v) is 3.70. The van der Waals surface area contributed by atoms with Crippen LogP contribution < -0.4 is 0 Å². The van der Waals surface area contributed by atoms with Gasteiger partial charge in [-0.15, -0.1) is 11.6 Å². The lowest BCUT2D eigenvalue weighted by atomic mass is 10.2. The molecule has 0 aliphatic rings. The highest BCUT2D eigenvalue weighted by Crippen LogP contribution is 2.26. The van der Waals surface area contributed by atoms with Crippen LogP contribution in [0.4, 0.5) is 8.78 Å². The van der Waals surface area contributed by atoms with Gasteiger partial charge in [-0.25, -0.2) is 13.8 Å². The summed E-state index contributed by atoms with van der Waals surface area (Å²) in [7, 11) is 0. The van der Waals surface area contributed by atoms with E-state index in [1.165, 1.54) is 6.07 Å². The van der Waals surface area contributed by atoms with Gasteiger partial charge in [-0.1, -0.05) is 15.9 Å². The summed E-state index contributed by atoms with van der Waals surface area (Å²) >= 11 is 9.29. The van der Waals surface area contributed by atoms with Crippen LogP contribution in [0.15, 0.2) is 40.9 Å². The molecule has 0 unspecified atom stereocenters. The van der Waals surface area contributed by atoms with Gasteiger partial charge >= 0.3 is 0 Å². The van der Waals surface area contributed by atoms with E-state index in [2.05, 4.69) is 20.9 Å². The number of halogens is 4. The maximum Gasteiger partial charge on any atom is 0.160 e. The lowest BCUT2D eigenvalue weighted by Crippen LogP contribution is -2.00. The summed E-state index contributed by atoms with van der Waals surface area (Å²) < 4.78 is 29.1. The predicted molar refractivity (Wildman–Crippen MR) is 78.2 cm³/mol. The van der Waals surface area contributed by atoms with Crippen LogP contribution >= 0.6 is 27.5 Å². The average molecular weight is 358 g/mol. The number of hydrogen-bond donors (Lipinski definition) is 0. The summed E-state index contributed by atoms with van der Waals surface area (Å²) in [6.45, 7) is 0. The lowest BCUT2D eigenvalue weighted by Gasteiger charge is -2.08. The molecule has 0 bridgehead atoms. The smallest absolute Gasteiger partial charge is 0.160 e. The summed E-state index contributed by atoms with van der Waals surface area (Å²) in [5, 5.41) is 0. The van der Waals surface area contributed by atoms with Crippen LogP contribution in [0.25, 0.3) is 16.7 Å². The molecule has 2 aromatic carbocycles. The van der Waals surface area contributed by atoms with Gasteiger partial charge in [0, 0.05) is 10.5 Å². The number of alkyl halides is 1. The van der Waals surface area contributed by atoms with Gasteiger partial charge in [0.2, 0.25) is 0 Å². The summed E-state index contributed by atoms with van der Waals surface area (Å²) in [5.41, 5.74) is 2.01. The van der Waals surface area contributed by atoms with Crippen molar-refractivity contribution in [3.05, 3.63) is 58.3 Å². The topological polar surface area (TPSA) is 17.8 Å². The maximum absolute atomic E-state index is 13.4. The highest BCUT2D eigenvalue weighted by atomic mass is 79.9. The Morgan fingerprint density at radius 3 is 2.60 bits per heavy atom. The Kier molecular flexibility index (Phi) is 3.48. The molecular weight excluding hydrogens is 350 g/mol. The first-order chi connectivity index (χ1) is 9.60. The van der Waals surface area contributed by atoms with Gasteiger partial charge in [-0.05, 0) is 30.3 Å². The van der Waals surface area contributed by atoms with Crippen LogP contribution in [-0.2, 0) is 5.88 Å². The van der Waals surface area contributed by atoms with Crippen molar-refractivity contribution in [3.63, 3.8) is 0 Å². The Morgan fingerprint density at radius 1 is 1.10 bits per heavy atom. The zero-order valence-electron chi connectivity index (χ0n) is 10.1. The average Bonchev–Trinajstić information content (AvgIpc) is 2.79. The number of fused-ring (bicyclic) bond motifs is 1. The number of imidazole rings is 1. The van der Waals surface area contributed by atoms with Crippen molar-refractivity contribution in [1.82, 2.24) is 9.55 Å². The molecular formula is C14H8BrClF2N2. The summed E-state index contributed by atoms with van der Waals surface area (Å²) in [5.74, 6) is -1.04. The quantitative estimate of drug-likeness (QED) is 0.602. The fourth-order valence-electron chi connectivity index (χ4n) is 2.10.